The molecule has 0 bridgehead atoms. The third-order valence-electron chi connectivity index (χ3n) is 3.48. The first-order valence-corrected chi connectivity index (χ1v) is 8.80. The van der Waals surface area contributed by atoms with Crippen LogP contribution >= 0.6 is 0 Å². The Balaban J connectivity index is 2.24. The van der Waals surface area contributed by atoms with Gasteiger partial charge in [0.15, 0.2) is 9.84 Å². The van der Waals surface area contributed by atoms with Crippen molar-refractivity contribution in [2.24, 2.45) is 0 Å². The van der Waals surface area contributed by atoms with Crippen LogP contribution in [0.25, 0.3) is 0 Å². The molecule has 108 valence electrons. The van der Waals surface area contributed by atoms with Crippen molar-refractivity contribution in [1.82, 2.24) is 5.32 Å². The number of hydrogen-bond acceptors (Lipinski definition) is 4. The minimum atomic E-state index is -2.91. The molecule has 1 heterocycles. The van der Waals surface area contributed by atoms with Crippen molar-refractivity contribution in [3.05, 3.63) is 0 Å². The van der Waals surface area contributed by atoms with E-state index < -0.39 is 9.84 Å². The van der Waals surface area contributed by atoms with Crippen molar-refractivity contribution in [2.45, 2.75) is 57.2 Å². The quantitative estimate of drug-likeness (QED) is 0.734. The minimum absolute atomic E-state index is 0.162. The first-order valence-electron chi connectivity index (χ1n) is 7.09. The van der Waals surface area contributed by atoms with E-state index in [4.69, 9.17) is 4.74 Å². The van der Waals surface area contributed by atoms with Crippen molar-refractivity contribution >= 4 is 9.84 Å². The molecule has 0 aliphatic carbocycles. The molecule has 0 aromatic rings. The third-order valence-corrected chi connectivity index (χ3v) is 5.83. The molecular formula is C13H27NO3S. The summed E-state index contributed by atoms with van der Waals surface area (Å²) in [5, 5.41) is 3.22. The van der Waals surface area contributed by atoms with Gasteiger partial charge in [-0.25, -0.2) is 8.42 Å². The summed E-state index contributed by atoms with van der Waals surface area (Å²) in [6.45, 7) is 6.46. The molecule has 1 aliphatic heterocycles. The number of ether oxygens (including phenoxy) is 1. The normalized spacial score (nSPS) is 19.9. The summed E-state index contributed by atoms with van der Waals surface area (Å²) in [6, 6.07) is 0.412. The Hall–Kier alpha value is -0.130. The zero-order chi connectivity index (χ0) is 13.4. The first kappa shape index (κ1) is 15.9. The molecule has 18 heavy (non-hydrogen) atoms. The number of sulfone groups is 1. The Morgan fingerprint density at radius 3 is 2.61 bits per heavy atom. The highest BCUT2D eigenvalue weighted by Crippen LogP contribution is 2.17. The topological polar surface area (TPSA) is 55.4 Å². The molecule has 0 amide bonds. The summed E-state index contributed by atoms with van der Waals surface area (Å²) in [4.78, 5) is 0. The minimum Gasteiger partial charge on any atom is -0.381 e. The predicted octanol–water partition coefficient (Wildman–Crippen LogP) is 1.75. The summed E-state index contributed by atoms with van der Waals surface area (Å²) in [5.41, 5.74) is 0. The molecular weight excluding hydrogens is 250 g/mol. The van der Waals surface area contributed by atoms with Crippen LogP contribution in [0.1, 0.15) is 46.0 Å². The van der Waals surface area contributed by atoms with Crippen molar-refractivity contribution in [2.75, 3.05) is 25.5 Å². The molecule has 4 nitrogen and oxygen atoms in total. The monoisotopic (exact) mass is 277 g/mol. The van der Waals surface area contributed by atoms with Crippen LogP contribution in [0.15, 0.2) is 0 Å². The zero-order valence-corrected chi connectivity index (χ0v) is 12.5. The van der Waals surface area contributed by atoms with Gasteiger partial charge in [0.1, 0.15) is 0 Å². The highest BCUT2D eigenvalue weighted by atomic mass is 32.2. The second-order valence-corrected chi connectivity index (χ2v) is 7.58. The fourth-order valence-electron chi connectivity index (χ4n) is 2.29. The lowest BCUT2D eigenvalue weighted by molar-refractivity contribution is 0.0983. The molecule has 0 saturated carbocycles. The van der Waals surface area contributed by atoms with Crippen molar-refractivity contribution in [3.8, 4) is 0 Å². The highest BCUT2D eigenvalue weighted by Gasteiger charge is 2.27. The molecule has 1 N–H and O–H groups in total. The fourth-order valence-corrected chi connectivity index (χ4v) is 4.10. The Kier molecular flexibility index (Phi) is 7.19. The summed E-state index contributed by atoms with van der Waals surface area (Å²) >= 11 is 0. The molecule has 0 aromatic carbocycles. The van der Waals surface area contributed by atoms with Gasteiger partial charge in [-0.15, -0.1) is 0 Å². The lowest BCUT2D eigenvalue weighted by Crippen LogP contribution is -2.32. The molecule has 1 saturated heterocycles. The van der Waals surface area contributed by atoms with Crippen LogP contribution in [0.5, 0.6) is 0 Å². The van der Waals surface area contributed by atoms with Crippen molar-refractivity contribution < 1.29 is 13.2 Å². The van der Waals surface area contributed by atoms with E-state index in [1.54, 1.807) is 0 Å². The summed E-state index contributed by atoms with van der Waals surface area (Å²) in [5.74, 6) is 0.329. The van der Waals surface area contributed by atoms with Gasteiger partial charge in [-0.3, -0.25) is 0 Å². The second kappa shape index (κ2) is 8.12. The maximum absolute atomic E-state index is 12.1. The van der Waals surface area contributed by atoms with Crippen molar-refractivity contribution in [1.29, 1.82) is 0 Å². The largest absolute Gasteiger partial charge is 0.381 e. The fraction of sp³-hybridized carbons (Fsp3) is 1.00. The van der Waals surface area contributed by atoms with Crippen LogP contribution in [0, 0.1) is 0 Å². The molecule has 1 fully saturated rings. The van der Waals surface area contributed by atoms with Gasteiger partial charge in [0.25, 0.3) is 0 Å². The average Bonchev–Trinajstić information content (AvgIpc) is 2.37. The lowest BCUT2D eigenvalue weighted by atomic mass is 10.2. The molecule has 1 rings (SSSR count). The maximum atomic E-state index is 12.1. The Morgan fingerprint density at radius 2 is 2.00 bits per heavy atom. The highest BCUT2D eigenvalue weighted by molar-refractivity contribution is 7.92. The molecule has 1 atom stereocenters. The van der Waals surface area contributed by atoms with E-state index in [1.807, 2.05) is 0 Å². The molecule has 0 spiro atoms. The van der Waals surface area contributed by atoms with E-state index in [9.17, 15) is 8.42 Å². The van der Waals surface area contributed by atoms with Gasteiger partial charge in [0.05, 0.1) is 11.0 Å². The predicted molar refractivity (Wildman–Crippen MR) is 74.6 cm³/mol. The van der Waals surface area contributed by atoms with Crippen LogP contribution in [0.2, 0.25) is 0 Å². The van der Waals surface area contributed by atoms with Gasteiger partial charge in [-0.2, -0.15) is 0 Å². The zero-order valence-electron chi connectivity index (χ0n) is 11.7. The molecule has 0 radical (unpaired) electrons. The van der Waals surface area contributed by atoms with Crippen LogP contribution in [-0.2, 0) is 14.6 Å². The first-order chi connectivity index (χ1) is 8.56. The SMILES string of the molecule is CCCNC(C)CCCS(=O)(=O)C1CCOCC1. The summed E-state index contributed by atoms with van der Waals surface area (Å²) in [6.07, 6.45) is 4.16. The van der Waals surface area contributed by atoms with Crippen molar-refractivity contribution in [3.63, 3.8) is 0 Å². The molecule has 5 heteroatoms. The number of rotatable bonds is 8. The third kappa shape index (κ3) is 5.67. The van der Waals surface area contributed by atoms with Gasteiger partial charge < -0.3 is 10.1 Å². The van der Waals surface area contributed by atoms with Gasteiger partial charge >= 0.3 is 0 Å². The number of hydrogen-bond donors (Lipinski definition) is 1. The Bertz CT molecular complexity index is 310. The van der Waals surface area contributed by atoms with Gasteiger partial charge in [-0.05, 0) is 45.6 Å². The van der Waals surface area contributed by atoms with E-state index in [1.165, 1.54) is 0 Å². The van der Waals surface area contributed by atoms with Gasteiger partial charge in [0, 0.05) is 19.3 Å². The van der Waals surface area contributed by atoms with Crippen LogP contribution in [0.4, 0.5) is 0 Å². The standard InChI is InChI=1S/C13H27NO3S/c1-3-8-14-12(2)5-4-11-18(15,16)13-6-9-17-10-7-13/h12-14H,3-11H2,1-2H3. The summed E-state index contributed by atoms with van der Waals surface area (Å²) < 4.78 is 29.4. The number of nitrogens with one attached hydrogen (secondary N) is 1. The second-order valence-electron chi connectivity index (χ2n) is 5.18. The van der Waals surface area contributed by atoms with Crippen LogP contribution in [-0.4, -0.2) is 45.2 Å². The lowest BCUT2D eigenvalue weighted by Gasteiger charge is -2.22. The van der Waals surface area contributed by atoms with Gasteiger partial charge in [-0.1, -0.05) is 6.92 Å². The van der Waals surface area contributed by atoms with E-state index in [2.05, 4.69) is 19.2 Å². The van der Waals surface area contributed by atoms with E-state index in [-0.39, 0.29) is 5.25 Å². The van der Waals surface area contributed by atoms with E-state index in [0.29, 0.717) is 37.9 Å². The van der Waals surface area contributed by atoms with Crippen LogP contribution < -0.4 is 5.32 Å². The van der Waals surface area contributed by atoms with Gasteiger partial charge in [0.2, 0.25) is 0 Å². The van der Waals surface area contributed by atoms with Crippen LogP contribution in [0.3, 0.4) is 0 Å². The smallest absolute Gasteiger partial charge is 0.153 e. The molecule has 1 unspecified atom stereocenters. The molecule has 0 aromatic heterocycles. The van der Waals surface area contributed by atoms with E-state index in [0.717, 1.165) is 25.8 Å². The molecule has 1 aliphatic rings. The average molecular weight is 277 g/mol. The van der Waals surface area contributed by atoms with E-state index >= 15 is 0 Å². The Labute approximate surface area is 111 Å². The maximum Gasteiger partial charge on any atom is 0.153 e. The summed E-state index contributed by atoms with van der Waals surface area (Å²) in [7, 11) is -2.91. The Morgan fingerprint density at radius 1 is 1.33 bits per heavy atom.